The molecule has 0 saturated heterocycles. The molecule has 0 amide bonds. The van der Waals surface area contributed by atoms with E-state index < -0.39 is 10.0 Å². The van der Waals surface area contributed by atoms with Gasteiger partial charge in [0.15, 0.2) is 0 Å². The number of nitrogens with one attached hydrogen (secondary N) is 1. The summed E-state index contributed by atoms with van der Waals surface area (Å²) in [6.45, 7) is 0. The SMILES string of the molecule is O=C=Nc1ccc(S(=O)(=O)Nc2ncccn2)cc1. The average molecular weight is 276 g/mol. The Morgan fingerprint density at radius 3 is 2.32 bits per heavy atom. The van der Waals surface area contributed by atoms with Gasteiger partial charge in [-0.15, -0.1) is 0 Å². The minimum atomic E-state index is -3.76. The number of hydrogen-bond acceptors (Lipinski definition) is 6. The van der Waals surface area contributed by atoms with E-state index in [4.69, 9.17) is 0 Å². The zero-order chi connectivity index (χ0) is 13.7. The van der Waals surface area contributed by atoms with Gasteiger partial charge in [-0.1, -0.05) is 0 Å². The van der Waals surface area contributed by atoms with Gasteiger partial charge >= 0.3 is 0 Å². The Kier molecular flexibility index (Phi) is 3.65. The molecule has 1 N–H and O–H groups in total. The lowest BCUT2D eigenvalue weighted by atomic mass is 10.3. The Balaban J connectivity index is 2.27. The van der Waals surface area contributed by atoms with Crippen molar-refractivity contribution in [3.8, 4) is 0 Å². The van der Waals surface area contributed by atoms with Gasteiger partial charge in [-0.05, 0) is 30.3 Å². The van der Waals surface area contributed by atoms with Crippen LogP contribution in [0, 0.1) is 0 Å². The van der Waals surface area contributed by atoms with Crippen LogP contribution in [0.15, 0.2) is 52.6 Å². The standard InChI is InChI=1S/C11H8N4O3S/c16-8-14-9-2-4-10(5-3-9)19(17,18)15-11-12-6-1-7-13-11/h1-7H,(H,12,13,15). The van der Waals surface area contributed by atoms with Gasteiger partial charge in [-0.3, -0.25) is 0 Å². The molecule has 96 valence electrons. The van der Waals surface area contributed by atoms with E-state index in [-0.39, 0.29) is 10.8 Å². The molecular formula is C11H8N4O3S. The second kappa shape index (κ2) is 5.38. The number of isocyanates is 1. The number of hydrogen-bond donors (Lipinski definition) is 1. The Hall–Kier alpha value is -2.57. The second-order valence-corrected chi connectivity index (χ2v) is 5.06. The van der Waals surface area contributed by atoms with Crippen molar-refractivity contribution in [1.29, 1.82) is 0 Å². The topological polar surface area (TPSA) is 101 Å². The van der Waals surface area contributed by atoms with Crippen LogP contribution in [0.4, 0.5) is 11.6 Å². The van der Waals surface area contributed by atoms with Crippen molar-refractivity contribution in [3.63, 3.8) is 0 Å². The van der Waals surface area contributed by atoms with E-state index in [9.17, 15) is 13.2 Å². The average Bonchev–Trinajstić information content (AvgIpc) is 2.40. The summed E-state index contributed by atoms with van der Waals surface area (Å²) in [7, 11) is -3.76. The Morgan fingerprint density at radius 1 is 1.11 bits per heavy atom. The number of aliphatic imine (C=N–C) groups is 1. The van der Waals surface area contributed by atoms with Crippen LogP contribution < -0.4 is 4.72 Å². The molecule has 8 heteroatoms. The molecule has 0 radical (unpaired) electrons. The molecule has 0 bridgehead atoms. The van der Waals surface area contributed by atoms with E-state index in [0.29, 0.717) is 5.69 Å². The summed E-state index contributed by atoms with van der Waals surface area (Å²) in [6.07, 6.45) is 4.22. The van der Waals surface area contributed by atoms with Gasteiger partial charge in [0.25, 0.3) is 10.0 Å². The van der Waals surface area contributed by atoms with Gasteiger partial charge in [-0.2, -0.15) is 4.99 Å². The van der Waals surface area contributed by atoms with Gasteiger partial charge in [0.05, 0.1) is 10.6 Å². The molecule has 2 aromatic rings. The quantitative estimate of drug-likeness (QED) is 0.668. The molecule has 0 aliphatic heterocycles. The molecule has 0 atom stereocenters. The number of carbonyl (C=O) groups excluding carboxylic acids is 1. The van der Waals surface area contributed by atoms with Crippen molar-refractivity contribution in [3.05, 3.63) is 42.7 Å². The van der Waals surface area contributed by atoms with E-state index >= 15 is 0 Å². The fraction of sp³-hybridized carbons (Fsp3) is 0. The predicted octanol–water partition coefficient (Wildman–Crippen LogP) is 1.24. The fourth-order valence-corrected chi connectivity index (χ4v) is 2.24. The fourth-order valence-electron chi connectivity index (χ4n) is 1.28. The van der Waals surface area contributed by atoms with E-state index in [1.807, 2.05) is 0 Å². The molecule has 0 aliphatic rings. The molecule has 1 heterocycles. The normalized spacial score (nSPS) is 10.5. The minimum Gasteiger partial charge on any atom is -0.247 e. The zero-order valence-corrected chi connectivity index (χ0v) is 10.3. The smallest absolute Gasteiger partial charge is 0.247 e. The molecule has 0 aliphatic carbocycles. The first-order valence-corrected chi connectivity index (χ1v) is 6.58. The number of anilines is 1. The maximum Gasteiger partial charge on any atom is 0.264 e. The Labute approximate surface area is 109 Å². The summed E-state index contributed by atoms with van der Waals surface area (Å²) < 4.78 is 26.2. The van der Waals surface area contributed by atoms with Crippen molar-refractivity contribution in [2.24, 2.45) is 4.99 Å². The summed E-state index contributed by atoms with van der Waals surface area (Å²) in [4.78, 5) is 21.0. The largest absolute Gasteiger partial charge is 0.264 e. The monoisotopic (exact) mass is 276 g/mol. The molecule has 1 aromatic heterocycles. The lowest BCUT2D eigenvalue weighted by molar-refractivity contribution is 0.565. The van der Waals surface area contributed by atoms with Gasteiger partial charge in [0, 0.05) is 12.4 Å². The van der Waals surface area contributed by atoms with E-state index in [1.54, 1.807) is 6.07 Å². The molecule has 0 spiro atoms. The maximum atomic E-state index is 12.0. The first kappa shape index (κ1) is 12.9. The number of sulfonamides is 1. The van der Waals surface area contributed by atoms with Gasteiger partial charge in [-0.25, -0.2) is 27.9 Å². The zero-order valence-electron chi connectivity index (χ0n) is 9.52. The van der Waals surface area contributed by atoms with Crippen molar-refractivity contribution in [2.75, 3.05) is 4.72 Å². The Bertz CT molecular complexity index is 707. The van der Waals surface area contributed by atoms with Crippen LogP contribution in [0.25, 0.3) is 0 Å². The van der Waals surface area contributed by atoms with Crippen LogP contribution in [-0.4, -0.2) is 24.5 Å². The molecule has 0 saturated carbocycles. The molecule has 7 nitrogen and oxygen atoms in total. The highest BCUT2D eigenvalue weighted by molar-refractivity contribution is 7.92. The summed E-state index contributed by atoms with van der Waals surface area (Å²) in [5.74, 6) is -0.0162. The van der Waals surface area contributed by atoms with Crippen molar-refractivity contribution < 1.29 is 13.2 Å². The molecule has 0 unspecified atom stereocenters. The third-order valence-electron chi connectivity index (χ3n) is 2.11. The summed E-state index contributed by atoms with van der Waals surface area (Å²) in [5, 5.41) is 0. The first-order valence-electron chi connectivity index (χ1n) is 5.09. The van der Waals surface area contributed by atoms with Crippen molar-refractivity contribution in [2.45, 2.75) is 4.90 Å². The third-order valence-corrected chi connectivity index (χ3v) is 3.46. The maximum absolute atomic E-state index is 12.0. The van der Waals surface area contributed by atoms with E-state index in [1.165, 1.54) is 42.7 Å². The third kappa shape index (κ3) is 3.21. The molecule has 19 heavy (non-hydrogen) atoms. The molecule has 1 aromatic carbocycles. The summed E-state index contributed by atoms with van der Waals surface area (Å²) in [5.41, 5.74) is 0.324. The van der Waals surface area contributed by atoms with Gasteiger partial charge < -0.3 is 0 Å². The second-order valence-electron chi connectivity index (χ2n) is 3.37. The van der Waals surface area contributed by atoms with E-state index in [2.05, 4.69) is 19.7 Å². The van der Waals surface area contributed by atoms with E-state index in [0.717, 1.165) is 0 Å². The predicted molar refractivity (Wildman–Crippen MR) is 67.1 cm³/mol. The molecular weight excluding hydrogens is 268 g/mol. The number of nitrogens with zero attached hydrogens (tertiary/aromatic N) is 3. The van der Waals surface area contributed by atoms with Gasteiger partial charge in [0.1, 0.15) is 0 Å². The lowest BCUT2D eigenvalue weighted by Gasteiger charge is -2.05. The molecule has 0 fully saturated rings. The highest BCUT2D eigenvalue weighted by Gasteiger charge is 2.14. The van der Waals surface area contributed by atoms with Crippen LogP contribution in [-0.2, 0) is 14.8 Å². The highest BCUT2D eigenvalue weighted by atomic mass is 32.2. The number of aromatic nitrogens is 2. The van der Waals surface area contributed by atoms with Crippen LogP contribution in [0.1, 0.15) is 0 Å². The van der Waals surface area contributed by atoms with Crippen molar-refractivity contribution in [1.82, 2.24) is 9.97 Å². The van der Waals surface area contributed by atoms with Crippen molar-refractivity contribution >= 4 is 27.7 Å². The Morgan fingerprint density at radius 2 is 1.74 bits per heavy atom. The van der Waals surface area contributed by atoms with Crippen LogP contribution in [0.5, 0.6) is 0 Å². The first-order chi connectivity index (χ1) is 9.12. The lowest BCUT2D eigenvalue weighted by Crippen LogP contribution is -2.14. The summed E-state index contributed by atoms with van der Waals surface area (Å²) in [6, 6.07) is 7.00. The van der Waals surface area contributed by atoms with Crippen LogP contribution in [0.2, 0.25) is 0 Å². The highest BCUT2D eigenvalue weighted by Crippen LogP contribution is 2.17. The minimum absolute atomic E-state index is 0.0162. The summed E-state index contributed by atoms with van der Waals surface area (Å²) >= 11 is 0. The number of rotatable bonds is 4. The van der Waals surface area contributed by atoms with Crippen LogP contribution >= 0.6 is 0 Å². The molecule has 2 rings (SSSR count). The van der Waals surface area contributed by atoms with Gasteiger partial charge in [0.2, 0.25) is 12.0 Å². The number of benzene rings is 1. The van der Waals surface area contributed by atoms with Crippen LogP contribution in [0.3, 0.4) is 0 Å².